The average Bonchev–Trinajstić information content (AvgIpc) is 2.74. The molecule has 5 rings (SSSR count). The zero-order valence-electron chi connectivity index (χ0n) is 22.0. The smallest absolute Gasteiger partial charge is 0.309 e. The highest BCUT2D eigenvalue weighted by Gasteiger charge is 2.66. The van der Waals surface area contributed by atoms with Crippen LogP contribution in [0, 0.1) is 44.3 Å². The molecular weight excluding hydrogens is 535 g/mol. The molecule has 0 amide bonds. The average molecular weight is 577 g/mol. The molecule has 34 heavy (non-hydrogen) atoms. The van der Waals surface area contributed by atoms with Gasteiger partial charge in [0.05, 0.1) is 8.99 Å². The normalized spacial score (nSPS) is 49.4. The fourth-order valence-corrected chi connectivity index (χ4v) is 10.7. The molecule has 5 aliphatic rings. The predicted molar refractivity (Wildman–Crippen MR) is 145 cm³/mol. The zero-order valence-corrected chi connectivity index (χ0v) is 24.1. The molecule has 7 atom stereocenters. The SMILES string of the molecule is CC1(C)C(=O)C(I)=C[C@]2(C)C3=CC=C4[C@@H]5C[C@@](C)(C(=O)O)CC[C@]5(C)CC[C@@]4(C)[C@]3(C)CC[C@@H]12. The Morgan fingerprint density at radius 3 is 2.24 bits per heavy atom. The predicted octanol–water partition coefficient (Wildman–Crippen LogP) is 7.90. The topological polar surface area (TPSA) is 54.4 Å². The van der Waals surface area contributed by atoms with Gasteiger partial charge < -0.3 is 5.11 Å². The van der Waals surface area contributed by atoms with Crippen molar-refractivity contribution in [2.45, 2.75) is 93.4 Å². The Hall–Kier alpha value is -0.910. The van der Waals surface area contributed by atoms with Gasteiger partial charge in [-0.2, -0.15) is 0 Å². The maximum absolute atomic E-state index is 13.1. The van der Waals surface area contributed by atoms with Crippen LogP contribution in [0.3, 0.4) is 0 Å². The van der Waals surface area contributed by atoms with E-state index in [1.807, 2.05) is 6.92 Å². The molecule has 0 radical (unpaired) electrons. The second-order valence-electron chi connectivity index (χ2n) is 14.1. The Labute approximate surface area is 219 Å². The summed E-state index contributed by atoms with van der Waals surface area (Å²) in [6.45, 7) is 16.0. The number of hydrogen-bond donors (Lipinski definition) is 1. The van der Waals surface area contributed by atoms with Crippen molar-refractivity contribution in [3.05, 3.63) is 33.0 Å². The Bertz CT molecular complexity index is 1080. The minimum atomic E-state index is -0.637. The van der Waals surface area contributed by atoms with Crippen molar-refractivity contribution in [2.24, 2.45) is 44.3 Å². The molecule has 0 bridgehead atoms. The number of fused-ring (bicyclic) bond motifs is 7. The van der Waals surface area contributed by atoms with Gasteiger partial charge in [-0.3, -0.25) is 9.59 Å². The third-order valence-electron chi connectivity index (χ3n) is 12.0. The first kappa shape index (κ1) is 24.8. The Morgan fingerprint density at radius 1 is 0.941 bits per heavy atom. The van der Waals surface area contributed by atoms with E-state index in [1.165, 1.54) is 17.6 Å². The Kier molecular flexibility index (Phi) is 5.17. The lowest BCUT2D eigenvalue weighted by Crippen LogP contribution is -2.59. The summed E-state index contributed by atoms with van der Waals surface area (Å²) in [4.78, 5) is 25.4. The lowest BCUT2D eigenvalue weighted by Gasteiger charge is -2.67. The van der Waals surface area contributed by atoms with Gasteiger partial charge in [-0.05, 0) is 103 Å². The van der Waals surface area contributed by atoms with Crippen LogP contribution in [-0.2, 0) is 9.59 Å². The van der Waals surface area contributed by atoms with E-state index in [0.29, 0.717) is 17.6 Å². The third-order valence-corrected chi connectivity index (χ3v) is 12.8. The summed E-state index contributed by atoms with van der Waals surface area (Å²) in [5.74, 6) is 0.285. The van der Waals surface area contributed by atoms with Crippen molar-refractivity contribution in [3.63, 3.8) is 0 Å². The van der Waals surface area contributed by atoms with E-state index in [-0.39, 0.29) is 27.1 Å². The number of carbonyl (C=O) groups excluding carboxylic acids is 1. The summed E-state index contributed by atoms with van der Waals surface area (Å²) in [5, 5.41) is 10.1. The van der Waals surface area contributed by atoms with Crippen molar-refractivity contribution in [1.29, 1.82) is 0 Å². The highest BCUT2D eigenvalue weighted by molar-refractivity contribution is 14.1. The molecule has 186 valence electrons. The van der Waals surface area contributed by atoms with E-state index < -0.39 is 11.4 Å². The van der Waals surface area contributed by atoms with Crippen LogP contribution in [-0.4, -0.2) is 16.9 Å². The molecule has 5 aliphatic carbocycles. The largest absolute Gasteiger partial charge is 0.481 e. The van der Waals surface area contributed by atoms with Crippen LogP contribution in [0.4, 0.5) is 0 Å². The van der Waals surface area contributed by atoms with Crippen LogP contribution < -0.4 is 0 Å². The van der Waals surface area contributed by atoms with Gasteiger partial charge in [-0.25, -0.2) is 0 Å². The number of allylic oxidation sites excluding steroid dienone is 6. The van der Waals surface area contributed by atoms with Gasteiger partial charge in [0.25, 0.3) is 0 Å². The zero-order chi connectivity index (χ0) is 25.1. The molecule has 0 heterocycles. The molecule has 3 nitrogen and oxygen atoms in total. The molecule has 0 aromatic heterocycles. The van der Waals surface area contributed by atoms with E-state index in [2.05, 4.69) is 82.4 Å². The quantitative estimate of drug-likeness (QED) is 0.323. The van der Waals surface area contributed by atoms with E-state index in [9.17, 15) is 14.7 Å². The Morgan fingerprint density at radius 2 is 1.59 bits per heavy atom. The number of aliphatic carboxylic acids is 1. The van der Waals surface area contributed by atoms with Crippen molar-refractivity contribution in [3.8, 4) is 0 Å². The van der Waals surface area contributed by atoms with Gasteiger partial charge in [0.1, 0.15) is 0 Å². The number of Topliss-reactive ketones (excluding diaryl/α,β-unsaturated/α-hetero) is 1. The fraction of sp³-hybridized carbons (Fsp3) is 0.733. The van der Waals surface area contributed by atoms with Gasteiger partial charge in [-0.1, -0.05) is 70.9 Å². The maximum Gasteiger partial charge on any atom is 0.309 e. The van der Waals surface area contributed by atoms with Crippen LogP contribution in [0.5, 0.6) is 0 Å². The highest BCUT2D eigenvalue weighted by atomic mass is 127. The molecule has 0 unspecified atom stereocenters. The molecule has 4 heteroatoms. The van der Waals surface area contributed by atoms with Gasteiger partial charge in [0, 0.05) is 10.8 Å². The number of carboxylic acid groups (broad SMARTS) is 1. The number of hydrogen-bond acceptors (Lipinski definition) is 2. The maximum atomic E-state index is 13.1. The number of carboxylic acids is 1. The molecule has 1 N–H and O–H groups in total. The highest BCUT2D eigenvalue weighted by Crippen LogP contribution is 2.74. The summed E-state index contributed by atoms with van der Waals surface area (Å²) < 4.78 is 0.882. The second-order valence-corrected chi connectivity index (χ2v) is 15.2. The molecule has 0 spiro atoms. The Balaban J connectivity index is 1.67. The number of carbonyl (C=O) groups is 2. The minimum Gasteiger partial charge on any atom is -0.481 e. The molecule has 0 aromatic carbocycles. The van der Waals surface area contributed by atoms with Crippen LogP contribution in [0.15, 0.2) is 33.0 Å². The van der Waals surface area contributed by atoms with Gasteiger partial charge in [0.15, 0.2) is 5.78 Å². The lowest BCUT2D eigenvalue weighted by molar-refractivity contribution is -0.154. The van der Waals surface area contributed by atoms with Crippen LogP contribution in [0.2, 0.25) is 0 Å². The number of ketones is 1. The second kappa shape index (κ2) is 7.10. The third kappa shape index (κ3) is 2.87. The van der Waals surface area contributed by atoms with Crippen molar-refractivity contribution in [2.75, 3.05) is 0 Å². The fourth-order valence-electron chi connectivity index (χ4n) is 9.32. The van der Waals surface area contributed by atoms with E-state index in [1.54, 1.807) is 0 Å². The van der Waals surface area contributed by atoms with Crippen molar-refractivity contribution >= 4 is 34.3 Å². The minimum absolute atomic E-state index is 0.0185. The number of halogens is 1. The van der Waals surface area contributed by atoms with Crippen molar-refractivity contribution in [1.82, 2.24) is 0 Å². The van der Waals surface area contributed by atoms with Gasteiger partial charge in [-0.15, -0.1) is 0 Å². The summed E-state index contributed by atoms with van der Waals surface area (Å²) in [5.41, 5.74) is 2.12. The molecule has 0 saturated heterocycles. The van der Waals surface area contributed by atoms with E-state index in [4.69, 9.17) is 0 Å². The summed E-state index contributed by atoms with van der Waals surface area (Å²) in [6.07, 6.45) is 14.1. The molecule has 0 aliphatic heterocycles. The van der Waals surface area contributed by atoms with Crippen LogP contribution in [0.25, 0.3) is 0 Å². The monoisotopic (exact) mass is 576 g/mol. The molecule has 3 saturated carbocycles. The molecule has 3 fully saturated rings. The van der Waals surface area contributed by atoms with Gasteiger partial charge in [0.2, 0.25) is 0 Å². The number of rotatable bonds is 1. The first-order valence-corrected chi connectivity index (χ1v) is 14.2. The molecule has 0 aromatic rings. The van der Waals surface area contributed by atoms with E-state index >= 15 is 0 Å². The lowest BCUT2D eigenvalue weighted by atomic mass is 9.37. The first-order chi connectivity index (χ1) is 15.6. The summed E-state index contributed by atoms with van der Waals surface area (Å²) in [6, 6.07) is 0. The van der Waals surface area contributed by atoms with Crippen molar-refractivity contribution < 1.29 is 14.7 Å². The van der Waals surface area contributed by atoms with Crippen LogP contribution in [0.1, 0.15) is 93.4 Å². The van der Waals surface area contributed by atoms with Gasteiger partial charge >= 0.3 is 5.97 Å². The molecular formula is C30H41IO3. The van der Waals surface area contributed by atoms with Crippen LogP contribution >= 0.6 is 22.6 Å². The summed E-state index contributed by atoms with van der Waals surface area (Å²) in [7, 11) is 0. The standard InChI is InChI=1S/C30H41IO3/c1-25(2)21-10-11-30(7)22(28(21,5)17-20(31)23(25)32)9-8-18-19-16-27(4,24(33)34)13-12-26(19,3)14-15-29(18,30)6/h8-9,17,19,21H,10-16H2,1-7H3,(H,33,34)/t19-,21-,26+,27-,28-,29+,30+/m0/s1. The first-order valence-electron chi connectivity index (χ1n) is 13.2. The summed E-state index contributed by atoms with van der Waals surface area (Å²) >= 11 is 2.27. The van der Waals surface area contributed by atoms with E-state index in [0.717, 1.165) is 42.1 Å².